The van der Waals surface area contributed by atoms with Crippen molar-refractivity contribution < 1.29 is 14.6 Å². The first-order valence-electron chi connectivity index (χ1n) is 7.38. The number of aromatic nitrogens is 2. The zero-order valence-corrected chi connectivity index (χ0v) is 12.9. The third kappa shape index (κ3) is 2.97. The molecule has 1 atom stereocenters. The monoisotopic (exact) mass is 296 g/mol. The molecule has 3 N–H and O–H groups in total. The van der Waals surface area contributed by atoms with E-state index < -0.39 is 5.97 Å². The SMILES string of the molecule is CCC(C)n1nc(N2CCC(O)CC2)c(C(=O)OC)c1N. The third-order valence-corrected chi connectivity index (χ3v) is 4.09. The average molecular weight is 296 g/mol. The molecule has 118 valence electrons. The maximum atomic E-state index is 12.1. The molecule has 1 aliphatic heterocycles. The quantitative estimate of drug-likeness (QED) is 0.810. The van der Waals surface area contributed by atoms with Crippen molar-refractivity contribution in [3.63, 3.8) is 0 Å². The van der Waals surface area contributed by atoms with Crippen LogP contribution in [0.1, 0.15) is 49.5 Å². The van der Waals surface area contributed by atoms with E-state index in [0.717, 1.165) is 6.42 Å². The van der Waals surface area contributed by atoms with E-state index in [2.05, 4.69) is 5.10 Å². The number of aliphatic hydroxyl groups is 1. The highest BCUT2D eigenvalue weighted by Gasteiger charge is 2.29. The second-order valence-corrected chi connectivity index (χ2v) is 5.50. The van der Waals surface area contributed by atoms with Gasteiger partial charge in [-0.2, -0.15) is 5.10 Å². The van der Waals surface area contributed by atoms with E-state index in [0.29, 0.717) is 43.1 Å². The lowest BCUT2D eigenvalue weighted by Crippen LogP contribution is -2.37. The number of nitrogens with two attached hydrogens (primary N) is 1. The zero-order chi connectivity index (χ0) is 15.6. The van der Waals surface area contributed by atoms with Crippen LogP contribution in [0.3, 0.4) is 0 Å². The molecule has 2 heterocycles. The molecule has 7 nitrogen and oxygen atoms in total. The van der Waals surface area contributed by atoms with Crippen molar-refractivity contribution in [3.05, 3.63) is 5.56 Å². The molecular formula is C14H24N4O3. The lowest BCUT2D eigenvalue weighted by Gasteiger charge is -2.30. The molecule has 1 fully saturated rings. The van der Waals surface area contributed by atoms with Crippen molar-refractivity contribution >= 4 is 17.6 Å². The van der Waals surface area contributed by atoms with Gasteiger partial charge in [0.05, 0.1) is 19.3 Å². The number of hydrogen-bond acceptors (Lipinski definition) is 6. The number of esters is 1. The Kier molecular flexibility index (Phi) is 4.72. The van der Waals surface area contributed by atoms with Crippen LogP contribution >= 0.6 is 0 Å². The van der Waals surface area contributed by atoms with Gasteiger partial charge in [-0.3, -0.25) is 0 Å². The summed E-state index contributed by atoms with van der Waals surface area (Å²) in [5.41, 5.74) is 6.44. The van der Waals surface area contributed by atoms with E-state index >= 15 is 0 Å². The predicted molar refractivity (Wildman–Crippen MR) is 80.4 cm³/mol. The van der Waals surface area contributed by atoms with Gasteiger partial charge in [0.25, 0.3) is 0 Å². The summed E-state index contributed by atoms with van der Waals surface area (Å²) in [4.78, 5) is 14.0. The Balaban J connectivity index is 2.40. The van der Waals surface area contributed by atoms with E-state index in [1.54, 1.807) is 4.68 Å². The van der Waals surface area contributed by atoms with Crippen LogP contribution in [0.5, 0.6) is 0 Å². The van der Waals surface area contributed by atoms with Gasteiger partial charge >= 0.3 is 5.97 Å². The summed E-state index contributed by atoms with van der Waals surface area (Å²) in [5.74, 6) is 0.437. The number of methoxy groups -OCH3 is 1. The van der Waals surface area contributed by atoms with Gasteiger partial charge in [-0.1, -0.05) is 6.92 Å². The van der Waals surface area contributed by atoms with Crippen molar-refractivity contribution in [2.75, 3.05) is 30.8 Å². The van der Waals surface area contributed by atoms with Crippen molar-refractivity contribution in [2.45, 2.75) is 45.3 Å². The fourth-order valence-electron chi connectivity index (χ4n) is 2.54. The Morgan fingerprint density at radius 2 is 2.14 bits per heavy atom. The van der Waals surface area contributed by atoms with Crippen LogP contribution in [0, 0.1) is 0 Å². The fourth-order valence-corrected chi connectivity index (χ4v) is 2.54. The van der Waals surface area contributed by atoms with Crippen LogP contribution in [-0.2, 0) is 4.74 Å². The summed E-state index contributed by atoms with van der Waals surface area (Å²) in [7, 11) is 1.34. The smallest absolute Gasteiger partial charge is 0.345 e. The van der Waals surface area contributed by atoms with Crippen LogP contribution in [-0.4, -0.2) is 47.2 Å². The first-order chi connectivity index (χ1) is 9.99. The highest BCUT2D eigenvalue weighted by molar-refractivity contribution is 5.99. The lowest BCUT2D eigenvalue weighted by molar-refractivity contribution is 0.0602. The number of aliphatic hydroxyl groups excluding tert-OH is 1. The van der Waals surface area contributed by atoms with E-state index in [-0.39, 0.29) is 12.1 Å². The van der Waals surface area contributed by atoms with E-state index in [9.17, 15) is 9.90 Å². The maximum absolute atomic E-state index is 12.1. The Labute approximate surface area is 124 Å². The van der Waals surface area contributed by atoms with E-state index in [1.165, 1.54) is 7.11 Å². The molecule has 1 aliphatic rings. The minimum absolute atomic E-state index is 0.109. The van der Waals surface area contributed by atoms with E-state index in [4.69, 9.17) is 10.5 Å². The molecule has 0 amide bonds. The number of nitrogens with zero attached hydrogens (tertiary/aromatic N) is 3. The van der Waals surface area contributed by atoms with Gasteiger partial charge in [0.15, 0.2) is 5.82 Å². The van der Waals surface area contributed by atoms with Crippen molar-refractivity contribution in [3.8, 4) is 0 Å². The molecule has 1 aromatic heterocycles. The normalized spacial score (nSPS) is 17.8. The second kappa shape index (κ2) is 6.34. The van der Waals surface area contributed by atoms with Crippen molar-refractivity contribution in [1.82, 2.24) is 9.78 Å². The minimum Gasteiger partial charge on any atom is -0.465 e. The topological polar surface area (TPSA) is 93.6 Å². The first-order valence-corrected chi connectivity index (χ1v) is 7.38. The Bertz CT molecular complexity index is 507. The molecule has 1 saturated heterocycles. The van der Waals surface area contributed by atoms with Crippen LogP contribution < -0.4 is 10.6 Å². The van der Waals surface area contributed by atoms with Gasteiger partial charge in [-0.15, -0.1) is 0 Å². The second-order valence-electron chi connectivity index (χ2n) is 5.50. The van der Waals surface area contributed by atoms with Crippen molar-refractivity contribution in [2.24, 2.45) is 0 Å². The van der Waals surface area contributed by atoms with Crippen LogP contribution in [0.4, 0.5) is 11.6 Å². The molecule has 0 bridgehead atoms. The summed E-state index contributed by atoms with van der Waals surface area (Å²) in [6, 6.07) is 0.109. The zero-order valence-electron chi connectivity index (χ0n) is 12.9. The third-order valence-electron chi connectivity index (χ3n) is 4.09. The summed E-state index contributed by atoms with van der Waals surface area (Å²) in [6.07, 6.45) is 1.91. The largest absolute Gasteiger partial charge is 0.465 e. The van der Waals surface area contributed by atoms with Gasteiger partial charge < -0.3 is 20.5 Å². The standard InChI is InChI=1S/C14H24N4O3/c1-4-9(2)18-12(15)11(14(20)21-3)13(16-18)17-7-5-10(19)6-8-17/h9-10,19H,4-8,15H2,1-3H3. The first kappa shape index (κ1) is 15.6. The number of piperidine rings is 1. The Morgan fingerprint density at radius 3 is 2.67 bits per heavy atom. The summed E-state index contributed by atoms with van der Waals surface area (Å²) in [6.45, 7) is 5.36. The molecule has 0 aliphatic carbocycles. The fraction of sp³-hybridized carbons (Fsp3) is 0.714. The van der Waals surface area contributed by atoms with Gasteiger partial charge in [0.2, 0.25) is 0 Å². The predicted octanol–water partition coefficient (Wildman–Crippen LogP) is 1.18. The number of ether oxygens (including phenoxy) is 1. The van der Waals surface area contributed by atoms with Gasteiger partial charge in [-0.25, -0.2) is 9.48 Å². The summed E-state index contributed by atoms with van der Waals surface area (Å²) in [5, 5.41) is 14.1. The van der Waals surface area contributed by atoms with Gasteiger partial charge in [0.1, 0.15) is 11.4 Å². The van der Waals surface area contributed by atoms with Crippen LogP contribution in [0.2, 0.25) is 0 Å². The Morgan fingerprint density at radius 1 is 1.52 bits per heavy atom. The maximum Gasteiger partial charge on any atom is 0.345 e. The molecular weight excluding hydrogens is 272 g/mol. The summed E-state index contributed by atoms with van der Waals surface area (Å²) < 4.78 is 6.54. The molecule has 2 rings (SSSR count). The van der Waals surface area contributed by atoms with Gasteiger partial charge in [-0.05, 0) is 26.2 Å². The highest BCUT2D eigenvalue weighted by Crippen LogP contribution is 2.31. The van der Waals surface area contributed by atoms with E-state index in [1.807, 2.05) is 18.7 Å². The van der Waals surface area contributed by atoms with Crippen LogP contribution in [0.15, 0.2) is 0 Å². The Hall–Kier alpha value is -1.76. The number of carbonyl (C=O) groups excluding carboxylic acids is 1. The molecule has 1 unspecified atom stereocenters. The number of rotatable bonds is 4. The molecule has 0 spiro atoms. The molecule has 21 heavy (non-hydrogen) atoms. The molecule has 1 aromatic rings. The van der Waals surface area contributed by atoms with Crippen LogP contribution in [0.25, 0.3) is 0 Å². The number of anilines is 2. The lowest BCUT2D eigenvalue weighted by atomic mass is 10.1. The molecule has 0 saturated carbocycles. The molecule has 0 aromatic carbocycles. The summed E-state index contributed by atoms with van der Waals surface area (Å²) >= 11 is 0. The molecule has 0 radical (unpaired) electrons. The van der Waals surface area contributed by atoms with Crippen molar-refractivity contribution in [1.29, 1.82) is 0 Å². The number of nitrogen functional groups attached to an aromatic ring is 1. The highest BCUT2D eigenvalue weighted by atomic mass is 16.5. The number of hydrogen-bond donors (Lipinski definition) is 2. The minimum atomic E-state index is -0.469. The number of carbonyl (C=O) groups is 1. The average Bonchev–Trinajstić information content (AvgIpc) is 2.84. The van der Waals surface area contributed by atoms with Gasteiger partial charge in [0, 0.05) is 13.1 Å². The molecule has 7 heteroatoms.